The molecule has 3 aliphatic rings. The van der Waals surface area contributed by atoms with Gasteiger partial charge < -0.3 is 24.8 Å². The number of nitrogens with zero attached hydrogens (tertiary/aromatic N) is 1. The molecule has 2 saturated heterocycles. The largest absolute Gasteiger partial charge is 0.481 e. The molecule has 3 atom stereocenters. The highest BCUT2D eigenvalue weighted by atomic mass is 16.6. The van der Waals surface area contributed by atoms with Crippen molar-refractivity contribution < 1.29 is 29.0 Å². The molecule has 3 unspecified atom stereocenters. The van der Waals surface area contributed by atoms with Gasteiger partial charge in [0.1, 0.15) is 6.61 Å². The van der Waals surface area contributed by atoms with E-state index in [9.17, 15) is 14.4 Å². The van der Waals surface area contributed by atoms with E-state index in [0.717, 1.165) is 22.3 Å². The van der Waals surface area contributed by atoms with E-state index < -0.39 is 24.2 Å². The van der Waals surface area contributed by atoms with Gasteiger partial charge in [-0.15, -0.1) is 0 Å². The van der Waals surface area contributed by atoms with Crippen molar-refractivity contribution in [3.63, 3.8) is 0 Å². The molecule has 34 heavy (non-hydrogen) atoms. The Morgan fingerprint density at radius 3 is 2.38 bits per heavy atom. The van der Waals surface area contributed by atoms with Crippen LogP contribution >= 0.6 is 0 Å². The number of carbonyl (C=O) groups excluding carboxylic acids is 2. The first-order chi connectivity index (χ1) is 16.5. The zero-order valence-corrected chi connectivity index (χ0v) is 18.8. The Hall–Kier alpha value is -3.39. The topological polar surface area (TPSA) is 105 Å². The first-order valence-corrected chi connectivity index (χ1v) is 11.7. The number of benzene rings is 2. The number of hydrogen-bond acceptors (Lipinski definition) is 5. The summed E-state index contributed by atoms with van der Waals surface area (Å²) in [6.07, 6.45) is -0.108. The third kappa shape index (κ3) is 4.37. The van der Waals surface area contributed by atoms with Crippen LogP contribution in [0.4, 0.5) is 4.79 Å². The van der Waals surface area contributed by atoms with E-state index in [2.05, 4.69) is 29.6 Å². The lowest BCUT2D eigenvalue weighted by molar-refractivity contribution is -0.142. The molecule has 178 valence electrons. The normalized spacial score (nSPS) is 23.4. The van der Waals surface area contributed by atoms with Crippen LogP contribution in [0.15, 0.2) is 48.5 Å². The van der Waals surface area contributed by atoms with Crippen LogP contribution in [-0.2, 0) is 19.1 Å². The molecule has 2 heterocycles. The lowest BCUT2D eigenvalue weighted by atomic mass is 9.98. The van der Waals surface area contributed by atoms with Crippen LogP contribution in [0.5, 0.6) is 0 Å². The number of hydrogen-bond donors (Lipinski definition) is 2. The van der Waals surface area contributed by atoms with Gasteiger partial charge in [-0.05, 0) is 41.0 Å². The molecule has 8 nitrogen and oxygen atoms in total. The van der Waals surface area contributed by atoms with Gasteiger partial charge in [0.25, 0.3) is 5.91 Å². The van der Waals surface area contributed by atoms with Crippen LogP contribution in [0.1, 0.15) is 36.3 Å². The summed E-state index contributed by atoms with van der Waals surface area (Å²) in [6, 6.07) is 15.8. The molecule has 0 aromatic heterocycles. The van der Waals surface area contributed by atoms with E-state index >= 15 is 0 Å². The Morgan fingerprint density at radius 2 is 1.71 bits per heavy atom. The number of likely N-dealkylation sites (tertiary alicyclic amines) is 1. The van der Waals surface area contributed by atoms with Crippen molar-refractivity contribution in [2.45, 2.75) is 37.3 Å². The van der Waals surface area contributed by atoms with Crippen molar-refractivity contribution in [3.8, 4) is 11.1 Å². The van der Waals surface area contributed by atoms with Crippen molar-refractivity contribution in [1.82, 2.24) is 10.2 Å². The molecular formula is C26H28N2O6. The summed E-state index contributed by atoms with van der Waals surface area (Å²) in [5.41, 5.74) is 4.60. The van der Waals surface area contributed by atoms with Crippen LogP contribution in [-0.4, -0.2) is 66.4 Å². The predicted octanol–water partition coefficient (Wildman–Crippen LogP) is 3.01. The zero-order valence-electron chi connectivity index (χ0n) is 18.8. The molecule has 0 spiro atoms. The number of carboxylic acids is 1. The van der Waals surface area contributed by atoms with Crippen molar-refractivity contribution in [3.05, 3.63) is 59.7 Å². The van der Waals surface area contributed by atoms with E-state index in [1.54, 1.807) is 4.90 Å². The number of nitrogens with one attached hydrogen (secondary N) is 1. The third-order valence-corrected chi connectivity index (χ3v) is 7.04. The van der Waals surface area contributed by atoms with Crippen LogP contribution < -0.4 is 5.32 Å². The number of aliphatic carboxylic acids is 1. The van der Waals surface area contributed by atoms with Gasteiger partial charge in [0.15, 0.2) is 6.10 Å². The average molecular weight is 465 g/mol. The van der Waals surface area contributed by atoms with Gasteiger partial charge in [-0.1, -0.05) is 48.5 Å². The first-order valence-electron chi connectivity index (χ1n) is 11.7. The second kappa shape index (κ2) is 9.46. The van der Waals surface area contributed by atoms with Gasteiger partial charge in [0, 0.05) is 32.0 Å². The Morgan fingerprint density at radius 1 is 1.03 bits per heavy atom. The lowest BCUT2D eigenvalue weighted by Gasteiger charge is -2.24. The molecule has 0 radical (unpaired) electrons. The summed E-state index contributed by atoms with van der Waals surface area (Å²) in [5, 5.41) is 11.8. The number of alkyl carbamates (subject to hydrolysis) is 1. The summed E-state index contributed by atoms with van der Waals surface area (Å²) in [7, 11) is 0. The third-order valence-electron chi connectivity index (χ3n) is 7.04. The highest BCUT2D eigenvalue weighted by Crippen LogP contribution is 2.44. The summed E-state index contributed by atoms with van der Waals surface area (Å²) in [6.45, 7) is 1.49. The maximum Gasteiger partial charge on any atom is 0.407 e. The number of ether oxygens (including phenoxy) is 2. The predicted molar refractivity (Wildman–Crippen MR) is 123 cm³/mol. The van der Waals surface area contributed by atoms with Crippen molar-refractivity contribution in [2.24, 2.45) is 5.92 Å². The molecule has 2 aromatic rings. The first kappa shape index (κ1) is 22.4. The molecule has 0 bridgehead atoms. The van der Waals surface area contributed by atoms with Crippen molar-refractivity contribution in [2.75, 3.05) is 26.3 Å². The molecule has 2 amide bonds. The maximum atomic E-state index is 13.0. The van der Waals surface area contributed by atoms with Gasteiger partial charge >= 0.3 is 12.1 Å². The van der Waals surface area contributed by atoms with Gasteiger partial charge in [0.2, 0.25) is 0 Å². The summed E-state index contributed by atoms with van der Waals surface area (Å²) >= 11 is 0. The Balaban J connectivity index is 1.18. The molecular weight excluding hydrogens is 436 g/mol. The highest BCUT2D eigenvalue weighted by Gasteiger charge is 2.40. The van der Waals surface area contributed by atoms with Gasteiger partial charge in [0.05, 0.1) is 6.04 Å². The van der Waals surface area contributed by atoms with E-state index in [4.69, 9.17) is 14.6 Å². The molecule has 0 saturated carbocycles. The number of fused-ring (bicyclic) bond motifs is 3. The van der Waals surface area contributed by atoms with Crippen LogP contribution in [0.3, 0.4) is 0 Å². The summed E-state index contributed by atoms with van der Waals surface area (Å²) in [4.78, 5) is 38.3. The molecule has 5 rings (SSSR count). The number of carboxylic acid groups (broad SMARTS) is 1. The van der Waals surface area contributed by atoms with E-state index in [0.29, 0.717) is 32.5 Å². The second-order valence-corrected chi connectivity index (χ2v) is 9.19. The van der Waals surface area contributed by atoms with E-state index in [-0.39, 0.29) is 30.8 Å². The Bertz CT molecular complexity index is 1060. The fourth-order valence-electron chi connectivity index (χ4n) is 5.40. The zero-order chi connectivity index (χ0) is 23.7. The summed E-state index contributed by atoms with van der Waals surface area (Å²) < 4.78 is 11.3. The SMILES string of the molecule is O=C(O)CC1CCN(C(=O)C2OCCC2NC(=O)OCC2c3ccccc3-c3ccccc32)C1. The van der Waals surface area contributed by atoms with E-state index in [1.165, 1.54) is 0 Å². The van der Waals surface area contributed by atoms with Crippen LogP contribution in [0.25, 0.3) is 11.1 Å². The standard InChI is InChI=1S/C26H28N2O6/c29-23(30)13-16-9-11-28(14-16)25(31)24-22(10-12-33-24)27-26(32)34-15-21-19-7-3-1-5-17(19)18-6-2-4-8-20(18)21/h1-8,16,21-22,24H,9-15H2,(H,27,32)(H,29,30). The molecule has 2 aliphatic heterocycles. The fraction of sp³-hybridized carbons (Fsp3) is 0.423. The van der Waals surface area contributed by atoms with Crippen LogP contribution in [0, 0.1) is 5.92 Å². The second-order valence-electron chi connectivity index (χ2n) is 9.19. The number of amides is 2. The van der Waals surface area contributed by atoms with Crippen molar-refractivity contribution >= 4 is 18.0 Å². The Labute approximate surface area is 197 Å². The monoisotopic (exact) mass is 464 g/mol. The quantitative estimate of drug-likeness (QED) is 0.681. The minimum absolute atomic E-state index is 0.0359. The van der Waals surface area contributed by atoms with Gasteiger partial charge in [-0.25, -0.2) is 4.79 Å². The molecule has 2 fully saturated rings. The molecule has 8 heteroatoms. The van der Waals surface area contributed by atoms with E-state index in [1.807, 2.05) is 24.3 Å². The van der Waals surface area contributed by atoms with Gasteiger partial charge in [-0.3, -0.25) is 9.59 Å². The number of rotatable bonds is 6. The molecule has 1 aliphatic carbocycles. The van der Waals surface area contributed by atoms with Gasteiger partial charge in [-0.2, -0.15) is 0 Å². The minimum Gasteiger partial charge on any atom is -0.481 e. The smallest absolute Gasteiger partial charge is 0.407 e. The average Bonchev–Trinajstić information content (AvgIpc) is 3.55. The summed E-state index contributed by atoms with van der Waals surface area (Å²) in [5.74, 6) is -1.14. The lowest BCUT2D eigenvalue weighted by Crippen LogP contribution is -2.49. The molecule has 2 aromatic carbocycles. The Kier molecular flexibility index (Phi) is 6.24. The fourth-order valence-corrected chi connectivity index (χ4v) is 5.40. The maximum absolute atomic E-state index is 13.0. The minimum atomic E-state index is -0.855. The molecule has 2 N–H and O–H groups in total. The van der Waals surface area contributed by atoms with Crippen LogP contribution in [0.2, 0.25) is 0 Å². The highest BCUT2D eigenvalue weighted by molar-refractivity contribution is 5.83. The number of carbonyl (C=O) groups is 3. The van der Waals surface area contributed by atoms with Crippen molar-refractivity contribution in [1.29, 1.82) is 0 Å².